The molecular weight excluding hydrogens is 328 g/mol. The molecule has 0 aliphatic heterocycles. The van der Waals surface area contributed by atoms with Crippen LogP contribution in [0.3, 0.4) is 0 Å². The zero-order valence-electron chi connectivity index (χ0n) is 13.5. The summed E-state index contributed by atoms with van der Waals surface area (Å²) in [5.74, 6) is -0.0140. The van der Waals surface area contributed by atoms with Gasteiger partial charge in [-0.1, -0.05) is 24.4 Å². The van der Waals surface area contributed by atoms with E-state index in [1.165, 1.54) is 12.8 Å². The average Bonchev–Trinajstić information content (AvgIpc) is 3.06. The van der Waals surface area contributed by atoms with Crippen LogP contribution in [0.15, 0.2) is 24.3 Å². The molecule has 126 valence electrons. The van der Waals surface area contributed by atoms with Gasteiger partial charge in [-0.2, -0.15) is 4.98 Å². The number of aromatic nitrogens is 2. The maximum atomic E-state index is 11.6. The molecule has 1 heterocycles. The van der Waals surface area contributed by atoms with Crippen LogP contribution in [0, 0.1) is 12.8 Å². The molecule has 24 heavy (non-hydrogen) atoms. The number of aromatic carboxylic acids is 1. The van der Waals surface area contributed by atoms with Crippen molar-refractivity contribution in [2.24, 2.45) is 5.92 Å². The first-order chi connectivity index (χ1) is 11.5. The summed E-state index contributed by atoms with van der Waals surface area (Å²) in [5.41, 5.74) is 1.19. The van der Waals surface area contributed by atoms with Gasteiger partial charge in [0, 0.05) is 10.6 Å². The standard InChI is InChI=1S/C18H19ClN2O3/c1-11-15(18(22)23)17(24-10-12-4-2-3-5-12)21-16(20-11)13-6-8-14(19)9-7-13/h6-9,12H,2-5,10H2,1H3,(H,22,23). The predicted octanol–water partition coefficient (Wildman–Crippen LogP) is 4.37. The molecule has 1 saturated carbocycles. The molecule has 1 aliphatic carbocycles. The Morgan fingerprint density at radius 3 is 2.54 bits per heavy atom. The Labute approximate surface area is 145 Å². The van der Waals surface area contributed by atoms with E-state index < -0.39 is 5.97 Å². The molecule has 1 aromatic carbocycles. The first-order valence-corrected chi connectivity index (χ1v) is 8.43. The lowest BCUT2D eigenvalue weighted by molar-refractivity contribution is 0.0688. The van der Waals surface area contributed by atoms with E-state index in [0.717, 1.165) is 18.4 Å². The number of carbonyl (C=O) groups is 1. The summed E-state index contributed by atoms with van der Waals surface area (Å²) in [6.45, 7) is 2.16. The Hall–Kier alpha value is -2.14. The van der Waals surface area contributed by atoms with Crippen molar-refractivity contribution >= 4 is 17.6 Å². The Morgan fingerprint density at radius 1 is 1.25 bits per heavy atom. The smallest absolute Gasteiger partial charge is 0.343 e. The Morgan fingerprint density at radius 2 is 1.92 bits per heavy atom. The fourth-order valence-corrected chi connectivity index (χ4v) is 3.13. The molecule has 2 aromatic rings. The van der Waals surface area contributed by atoms with Gasteiger partial charge in [-0.15, -0.1) is 0 Å². The molecule has 1 aromatic heterocycles. The first kappa shape index (κ1) is 16.7. The van der Waals surface area contributed by atoms with Crippen LogP contribution in [0.1, 0.15) is 41.7 Å². The molecule has 5 nitrogen and oxygen atoms in total. The summed E-state index contributed by atoms with van der Waals surface area (Å²) in [5, 5.41) is 10.1. The predicted molar refractivity (Wildman–Crippen MR) is 91.6 cm³/mol. The van der Waals surface area contributed by atoms with Gasteiger partial charge < -0.3 is 9.84 Å². The second-order valence-corrected chi connectivity index (χ2v) is 6.52. The molecular formula is C18H19ClN2O3. The molecule has 0 unspecified atom stereocenters. The summed E-state index contributed by atoms with van der Waals surface area (Å²) in [4.78, 5) is 20.2. The van der Waals surface area contributed by atoms with E-state index in [4.69, 9.17) is 16.3 Å². The van der Waals surface area contributed by atoms with Gasteiger partial charge in [-0.3, -0.25) is 0 Å². The van der Waals surface area contributed by atoms with Crippen molar-refractivity contribution in [2.45, 2.75) is 32.6 Å². The molecule has 0 radical (unpaired) electrons. The van der Waals surface area contributed by atoms with E-state index >= 15 is 0 Å². The molecule has 3 rings (SSSR count). The normalized spacial score (nSPS) is 14.8. The third-order valence-corrected chi connectivity index (χ3v) is 4.56. The number of hydrogen-bond acceptors (Lipinski definition) is 4. The molecule has 0 saturated heterocycles. The van der Waals surface area contributed by atoms with E-state index in [2.05, 4.69) is 9.97 Å². The SMILES string of the molecule is Cc1nc(-c2ccc(Cl)cc2)nc(OCC2CCCC2)c1C(=O)O. The zero-order valence-corrected chi connectivity index (χ0v) is 14.2. The second kappa shape index (κ2) is 7.18. The third-order valence-electron chi connectivity index (χ3n) is 4.30. The first-order valence-electron chi connectivity index (χ1n) is 8.05. The van der Waals surface area contributed by atoms with Gasteiger partial charge in [0.25, 0.3) is 0 Å². The fourth-order valence-electron chi connectivity index (χ4n) is 3.00. The molecule has 0 amide bonds. The summed E-state index contributed by atoms with van der Waals surface area (Å²) in [6, 6.07) is 7.11. The number of ether oxygens (including phenoxy) is 1. The number of halogens is 1. The van der Waals surface area contributed by atoms with Gasteiger partial charge in [0.1, 0.15) is 5.56 Å². The van der Waals surface area contributed by atoms with Gasteiger partial charge >= 0.3 is 5.97 Å². The van der Waals surface area contributed by atoms with Crippen molar-refractivity contribution in [3.05, 3.63) is 40.5 Å². The van der Waals surface area contributed by atoms with Crippen molar-refractivity contribution in [1.82, 2.24) is 9.97 Å². The van der Waals surface area contributed by atoms with Crippen molar-refractivity contribution < 1.29 is 14.6 Å². The largest absolute Gasteiger partial charge is 0.477 e. The summed E-state index contributed by atoms with van der Waals surface area (Å²) >= 11 is 5.91. The van der Waals surface area contributed by atoms with E-state index in [0.29, 0.717) is 29.1 Å². The van der Waals surface area contributed by atoms with Crippen molar-refractivity contribution in [3.8, 4) is 17.3 Å². The number of benzene rings is 1. The molecule has 0 bridgehead atoms. The van der Waals surface area contributed by atoms with Gasteiger partial charge in [0.2, 0.25) is 5.88 Å². The number of rotatable bonds is 5. The number of aryl methyl sites for hydroxylation is 1. The summed E-state index contributed by atoms with van der Waals surface area (Å²) in [6.07, 6.45) is 4.66. The Balaban J connectivity index is 1.93. The zero-order chi connectivity index (χ0) is 17.1. The lowest BCUT2D eigenvalue weighted by Gasteiger charge is -2.14. The van der Waals surface area contributed by atoms with E-state index in [1.807, 2.05) is 0 Å². The van der Waals surface area contributed by atoms with E-state index in [-0.39, 0.29) is 11.4 Å². The minimum absolute atomic E-state index is 0.0331. The fraction of sp³-hybridized carbons (Fsp3) is 0.389. The van der Waals surface area contributed by atoms with E-state index in [9.17, 15) is 9.90 Å². The quantitative estimate of drug-likeness (QED) is 0.870. The minimum Gasteiger partial charge on any atom is -0.477 e. The summed E-state index contributed by atoms with van der Waals surface area (Å²) < 4.78 is 5.79. The van der Waals surface area contributed by atoms with E-state index in [1.54, 1.807) is 31.2 Å². The Bertz CT molecular complexity index is 741. The average molecular weight is 347 g/mol. The lowest BCUT2D eigenvalue weighted by atomic mass is 10.1. The highest BCUT2D eigenvalue weighted by atomic mass is 35.5. The molecule has 1 N–H and O–H groups in total. The minimum atomic E-state index is -1.07. The number of carboxylic acid groups (broad SMARTS) is 1. The monoisotopic (exact) mass is 346 g/mol. The van der Waals surface area contributed by atoms with Crippen molar-refractivity contribution in [2.75, 3.05) is 6.61 Å². The Kier molecular flexibility index (Phi) is 5.00. The van der Waals surface area contributed by atoms with Crippen LogP contribution in [0.2, 0.25) is 5.02 Å². The molecule has 0 spiro atoms. The molecule has 1 aliphatic rings. The molecule has 1 fully saturated rings. The highest BCUT2D eigenvalue weighted by Crippen LogP contribution is 2.28. The van der Waals surface area contributed by atoms with Crippen LogP contribution >= 0.6 is 11.6 Å². The third kappa shape index (κ3) is 3.67. The summed E-state index contributed by atoms with van der Waals surface area (Å²) in [7, 11) is 0. The second-order valence-electron chi connectivity index (χ2n) is 6.09. The number of hydrogen-bond donors (Lipinski definition) is 1. The number of carboxylic acids is 1. The van der Waals surface area contributed by atoms with Crippen LogP contribution in [-0.4, -0.2) is 27.7 Å². The van der Waals surface area contributed by atoms with Gasteiger partial charge in [0.05, 0.1) is 12.3 Å². The van der Waals surface area contributed by atoms with Crippen LogP contribution in [0.25, 0.3) is 11.4 Å². The van der Waals surface area contributed by atoms with Crippen molar-refractivity contribution in [1.29, 1.82) is 0 Å². The van der Waals surface area contributed by atoms with Crippen LogP contribution < -0.4 is 4.74 Å². The maximum Gasteiger partial charge on any atom is 0.343 e. The topological polar surface area (TPSA) is 72.3 Å². The number of nitrogens with zero attached hydrogens (tertiary/aromatic N) is 2. The van der Waals surface area contributed by atoms with Gasteiger partial charge in [-0.25, -0.2) is 9.78 Å². The highest BCUT2D eigenvalue weighted by Gasteiger charge is 2.22. The highest BCUT2D eigenvalue weighted by molar-refractivity contribution is 6.30. The maximum absolute atomic E-state index is 11.6. The van der Waals surface area contributed by atoms with Crippen LogP contribution in [0.4, 0.5) is 0 Å². The van der Waals surface area contributed by atoms with Gasteiger partial charge in [-0.05, 0) is 49.9 Å². The van der Waals surface area contributed by atoms with Crippen LogP contribution in [0.5, 0.6) is 5.88 Å². The molecule has 6 heteroatoms. The molecule has 0 atom stereocenters. The van der Waals surface area contributed by atoms with Crippen molar-refractivity contribution in [3.63, 3.8) is 0 Å². The lowest BCUT2D eigenvalue weighted by Crippen LogP contribution is -2.14. The van der Waals surface area contributed by atoms with Crippen LogP contribution in [-0.2, 0) is 0 Å². The van der Waals surface area contributed by atoms with Gasteiger partial charge in [0.15, 0.2) is 5.82 Å².